The Balaban J connectivity index is 2.24. The lowest BCUT2D eigenvalue weighted by atomic mass is 10.1. The second-order valence-electron chi connectivity index (χ2n) is 2.60. The standard InChI is InChI=1S/C8H7ClN4/c9-7-4-2-1-3-6(7)5-8-10-12-13-11-8/h1-4H,5H2,(H,10,11,12,13). The zero-order chi connectivity index (χ0) is 9.10. The van der Waals surface area contributed by atoms with Gasteiger partial charge in [0.2, 0.25) is 0 Å². The van der Waals surface area contributed by atoms with E-state index in [0.29, 0.717) is 12.2 Å². The quantitative estimate of drug-likeness (QED) is 0.787. The van der Waals surface area contributed by atoms with Crippen LogP contribution in [0.5, 0.6) is 0 Å². The summed E-state index contributed by atoms with van der Waals surface area (Å²) in [5.41, 5.74) is 1.01. The number of tetrazole rings is 1. The molecule has 0 unspecified atom stereocenters. The van der Waals surface area contributed by atoms with E-state index in [1.165, 1.54) is 0 Å². The molecule has 66 valence electrons. The van der Waals surface area contributed by atoms with Crippen molar-refractivity contribution in [3.63, 3.8) is 0 Å². The van der Waals surface area contributed by atoms with Crippen LogP contribution in [0.25, 0.3) is 0 Å². The molecule has 1 aromatic carbocycles. The number of nitrogens with zero attached hydrogens (tertiary/aromatic N) is 3. The lowest BCUT2D eigenvalue weighted by Gasteiger charge is -1.98. The lowest BCUT2D eigenvalue weighted by molar-refractivity contribution is 0.881. The van der Waals surface area contributed by atoms with E-state index in [2.05, 4.69) is 20.6 Å². The summed E-state index contributed by atoms with van der Waals surface area (Å²) in [5.74, 6) is 0.646. The first kappa shape index (κ1) is 8.19. The lowest BCUT2D eigenvalue weighted by Crippen LogP contribution is -1.91. The van der Waals surface area contributed by atoms with Crippen LogP contribution in [0.2, 0.25) is 5.02 Å². The van der Waals surface area contributed by atoms with Crippen LogP contribution in [0.3, 0.4) is 0 Å². The summed E-state index contributed by atoms with van der Waals surface area (Å²) in [7, 11) is 0. The molecule has 13 heavy (non-hydrogen) atoms. The number of hydrogen-bond acceptors (Lipinski definition) is 3. The molecule has 0 fully saturated rings. The number of aromatic amines is 1. The summed E-state index contributed by atoms with van der Waals surface area (Å²) >= 11 is 5.95. The van der Waals surface area contributed by atoms with E-state index in [4.69, 9.17) is 11.6 Å². The fourth-order valence-corrected chi connectivity index (χ4v) is 1.27. The Kier molecular flexibility index (Phi) is 2.23. The van der Waals surface area contributed by atoms with Crippen LogP contribution in [0, 0.1) is 0 Å². The molecular weight excluding hydrogens is 188 g/mol. The van der Waals surface area contributed by atoms with Gasteiger partial charge >= 0.3 is 0 Å². The monoisotopic (exact) mass is 194 g/mol. The van der Waals surface area contributed by atoms with E-state index >= 15 is 0 Å². The van der Waals surface area contributed by atoms with E-state index < -0.39 is 0 Å². The molecule has 4 nitrogen and oxygen atoms in total. The van der Waals surface area contributed by atoms with Crippen molar-refractivity contribution < 1.29 is 0 Å². The zero-order valence-electron chi connectivity index (χ0n) is 6.74. The first-order valence-electron chi connectivity index (χ1n) is 3.82. The van der Waals surface area contributed by atoms with Crippen molar-refractivity contribution in [2.75, 3.05) is 0 Å². The van der Waals surface area contributed by atoms with Gasteiger partial charge in [-0.05, 0) is 11.6 Å². The van der Waals surface area contributed by atoms with Gasteiger partial charge in [0.15, 0.2) is 5.82 Å². The SMILES string of the molecule is Clc1ccccc1Cc1nn[nH]n1. The minimum Gasteiger partial charge on any atom is -0.177 e. The summed E-state index contributed by atoms with van der Waals surface area (Å²) < 4.78 is 0. The van der Waals surface area contributed by atoms with Gasteiger partial charge < -0.3 is 0 Å². The molecule has 1 heterocycles. The highest BCUT2D eigenvalue weighted by Crippen LogP contribution is 2.16. The van der Waals surface area contributed by atoms with Crippen molar-refractivity contribution in [3.8, 4) is 0 Å². The van der Waals surface area contributed by atoms with Crippen LogP contribution in [0.1, 0.15) is 11.4 Å². The summed E-state index contributed by atoms with van der Waals surface area (Å²) in [4.78, 5) is 0. The van der Waals surface area contributed by atoms with E-state index in [-0.39, 0.29) is 0 Å². The van der Waals surface area contributed by atoms with Gasteiger partial charge in [0.05, 0.1) is 0 Å². The van der Waals surface area contributed by atoms with Crippen molar-refractivity contribution in [2.24, 2.45) is 0 Å². The Labute approximate surface area is 79.9 Å². The number of H-pyrrole nitrogens is 1. The van der Waals surface area contributed by atoms with Gasteiger partial charge in [0, 0.05) is 11.4 Å². The van der Waals surface area contributed by atoms with Crippen LogP contribution in [0.4, 0.5) is 0 Å². The predicted molar refractivity (Wildman–Crippen MR) is 48.4 cm³/mol. The van der Waals surface area contributed by atoms with Crippen LogP contribution in [-0.2, 0) is 6.42 Å². The van der Waals surface area contributed by atoms with Gasteiger partial charge in [0.1, 0.15) is 0 Å². The molecule has 0 atom stereocenters. The number of aromatic nitrogens is 4. The topological polar surface area (TPSA) is 54.5 Å². The van der Waals surface area contributed by atoms with Crippen molar-refractivity contribution in [1.29, 1.82) is 0 Å². The number of hydrogen-bond donors (Lipinski definition) is 1. The average molecular weight is 195 g/mol. The van der Waals surface area contributed by atoms with Crippen LogP contribution >= 0.6 is 11.6 Å². The first-order valence-corrected chi connectivity index (χ1v) is 4.20. The molecule has 0 saturated carbocycles. The minimum atomic E-state index is 0.607. The highest BCUT2D eigenvalue weighted by atomic mass is 35.5. The number of halogens is 1. The Morgan fingerprint density at radius 3 is 2.85 bits per heavy atom. The summed E-state index contributed by atoms with van der Waals surface area (Å²) in [6, 6.07) is 7.61. The Hall–Kier alpha value is -1.42. The smallest absolute Gasteiger partial charge is 0.177 e. The Bertz CT molecular complexity index is 385. The maximum absolute atomic E-state index is 5.95. The summed E-state index contributed by atoms with van der Waals surface area (Å²) in [6.45, 7) is 0. The normalized spacial score (nSPS) is 10.2. The second kappa shape index (κ2) is 3.53. The largest absolute Gasteiger partial charge is 0.178 e. The average Bonchev–Trinajstić information content (AvgIpc) is 2.61. The Morgan fingerprint density at radius 2 is 2.15 bits per heavy atom. The van der Waals surface area contributed by atoms with Crippen LogP contribution in [-0.4, -0.2) is 20.6 Å². The molecule has 1 aromatic heterocycles. The summed E-state index contributed by atoms with van der Waals surface area (Å²) in [6.07, 6.45) is 0.607. The highest BCUT2D eigenvalue weighted by Gasteiger charge is 2.03. The van der Waals surface area contributed by atoms with E-state index in [0.717, 1.165) is 10.6 Å². The fourth-order valence-electron chi connectivity index (χ4n) is 1.07. The number of benzene rings is 1. The zero-order valence-corrected chi connectivity index (χ0v) is 7.49. The van der Waals surface area contributed by atoms with Gasteiger partial charge in [-0.1, -0.05) is 35.0 Å². The Morgan fingerprint density at radius 1 is 1.31 bits per heavy atom. The molecule has 2 rings (SSSR count). The summed E-state index contributed by atoms with van der Waals surface area (Å²) in [5, 5.41) is 14.3. The molecule has 0 saturated heterocycles. The maximum Gasteiger partial charge on any atom is 0.178 e. The molecule has 0 spiro atoms. The van der Waals surface area contributed by atoms with Crippen LogP contribution in [0.15, 0.2) is 24.3 Å². The molecule has 5 heteroatoms. The molecule has 0 bridgehead atoms. The molecule has 0 aliphatic rings. The van der Waals surface area contributed by atoms with E-state index in [1.54, 1.807) is 0 Å². The van der Waals surface area contributed by atoms with Gasteiger partial charge in [-0.15, -0.1) is 10.2 Å². The van der Waals surface area contributed by atoms with Gasteiger partial charge in [-0.2, -0.15) is 5.21 Å². The second-order valence-corrected chi connectivity index (χ2v) is 3.00. The third-order valence-electron chi connectivity index (χ3n) is 1.70. The van der Waals surface area contributed by atoms with E-state index in [1.807, 2.05) is 24.3 Å². The molecule has 2 aromatic rings. The highest BCUT2D eigenvalue weighted by molar-refractivity contribution is 6.31. The van der Waals surface area contributed by atoms with Gasteiger partial charge in [-0.25, -0.2) is 0 Å². The third-order valence-corrected chi connectivity index (χ3v) is 2.06. The van der Waals surface area contributed by atoms with Gasteiger partial charge in [0.25, 0.3) is 0 Å². The van der Waals surface area contributed by atoms with Crippen molar-refractivity contribution in [3.05, 3.63) is 40.7 Å². The van der Waals surface area contributed by atoms with E-state index in [9.17, 15) is 0 Å². The number of nitrogens with one attached hydrogen (secondary N) is 1. The van der Waals surface area contributed by atoms with Crippen molar-refractivity contribution >= 4 is 11.6 Å². The predicted octanol–water partition coefficient (Wildman–Crippen LogP) is 1.44. The molecule has 0 radical (unpaired) electrons. The number of rotatable bonds is 2. The molecule has 0 amide bonds. The molecule has 0 aliphatic heterocycles. The fraction of sp³-hybridized carbons (Fsp3) is 0.125. The van der Waals surface area contributed by atoms with Crippen LogP contribution < -0.4 is 0 Å². The molecular formula is C8H7ClN4. The molecule has 0 aliphatic carbocycles. The van der Waals surface area contributed by atoms with Crippen molar-refractivity contribution in [2.45, 2.75) is 6.42 Å². The maximum atomic E-state index is 5.95. The third kappa shape index (κ3) is 1.84. The molecule has 1 N–H and O–H groups in total. The minimum absolute atomic E-state index is 0.607. The first-order chi connectivity index (χ1) is 6.36. The van der Waals surface area contributed by atoms with Crippen molar-refractivity contribution in [1.82, 2.24) is 20.6 Å². The van der Waals surface area contributed by atoms with Gasteiger partial charge in [-0.3, -0.25) is 0 Å².